The maximum absolute atomic E-state index is 12.6. The highest BCUT2D eigenvalue weighted by Gasteiger charge is 2.42. The molecule has 2 aliphatic heterocycles. The number of hydrogen-bond acceptors (Lipinski definition) is 3. The molecule has 2 fully saturated rings. The lowest BCUT2D eigenvalue weighted by Crippen LogP contribution is -2.57. The van der Waals surface area contributed by atoms with Gasteiger partial charge in [-0.25, -0.2) is 0 Å². The van der Waals surface area contributed by atoms with Crippen LogP contribution in [0.2, 0.25) is 0 Å². The number of carbonyl (C=O) groups is 1. The zero-order valence-electron chi connectivity index (χ0n) is 11.0. The summed E-state index contributed by atoms with van der Waals surface area (Å²) in [5.41, 5.74) is -0.282. The van der Waals surface area contributed by atoms with Gasteiger partial charge in [-0.1, -0.05) is 6.92 Å². The number of nitrogens with zero attached hydrogens (tertiary/aromatic N) is 1. The van der Waals surface area contributed by atoms with Crippen molar-refractivity contribution >= 4 is 5.91 Å². The first kappa shape index (κ1) is 12.8. The third-order valence-electron chi connectivity index (χ3n) is 4.26. The highest BCUT2D eigenvalue weighted by molar-refractivity contribution is 5.86. The molecule has 0 saturated carbocycles. The Bertz CT molecular complexity index is 275. The molecular weight excluding hydrogens is 216 g/mol. The van der Waals surface area contributed by atoms with Crippen molar-refractivity contribution in [2.75, 3.05) is 26.7 Å². The molecule has 0 spiro atoms. The molecule has 2 heterocycles. The fourth-order valence-electron chi connectivity index (χ4n) is 3.06. The van der Waals surface area contributed by atoms with Crippen molar-refractivity contribution in [3.05, 3.63) is 0 Å². The van der Waals surface area contributed by atoms with Gasteiger partial charge in [-0.3, -0.25) is 4.79 Å². The summed E-state index contributed by atoms with van der Waals surface area (Å²) in [4.78, 5) is 14.6. The van der Waals surface area contributed by atoms with Crippen LogP contribution in [0.1, 0.15) is 39.0 Å². The van der Waals surface area contributed by atoms with E-state index in [4.69, 9.17) is 4.74 Å². The Morgan fingerprint density at radius 3 is 2.94 bits per heavy atom. The van der Waals surface area contributed by atoms with Crippen molar-refractivity contribution in [1.29, 1.82) is 0 Å². The Kier molecular flexibility index (Phi) is 4.05. The van der Waals surface area contributed by atoms with Gasteiger partial charge in [0.2, 0.25) is 5.91 Å². The number of ether oxygens (including phenoxy) is 1. The number of nitrogens with one attached hydrogen (secondary N) is 1. The number of carbonyl (C=O) groups excluding carboxylic acids is 1. The van der Waals surface area contributed by atoms with Gasteiger partial charge in [0.1, 0.15) is 0 Å². The van der Waals surface area contributed by atoms with E-state index in [-0.39, 0.29) is 11.6 Å². The standard InChI is InChI=1S/C13H24N2O2/c1-3-13(7-5-8-14-13)12(16)15-9-4-6-11(10-15)17-2/h11,14H,3-10H2,1-2H3. The molecule has 2 unspecified atom stereocenters. The van der Waals surface area contributed by atoms with E-state index in [1.165, 1.54) is 0 Å². The molecule has 2 rings (SSSR count). The molecular formula is C13H24N2O2. The van der Waals surface area contributed by atoms with Crippen LogP contribution in [0.25, 0.3) is 0 Å². The fourth-order valence-corrected chi connectivity index (χ4v) is 3.06. The predicted octanol–water partition coefficient (Wildman–Crippen LogP) is 1.16. The molecule has 1 amide bonds. The molecule has 0 bridgehead atoms. The second-order valence-electron chi connectivity index (χ2n) is 5.22. The first-order chi connectivity index (χ1) is 8.22. The largest absolute Gasteiger partial charge is 0.380 e. The number of methoxy groups -OCH3 is 1. The highest BCUT2D eigenvalue weighted by Crippen LogP contribution is 2.27. The van der Waals surface area contributed by atoms with Crippen LogP contribution >= 0.6 is 0 Å². The predicted molar refractivity (Wildman–Crippen MR) is 66.9 cm³/mol. The van der Waals surface area contributed by atoms with E-state index >= 15 is 0 Å². The van der Waals surface area contributed by atoms with Crippen molar-refractivity contribution < 1.29 is 9.53 Å². The minimum atomic E-state index is -0.282. The quantitative estimate of drug-likeness (QED) is 0.805. The third kappa shape index (κ3) is 2.47. The van der Waals surface area contributed by atoms with Crippen LogP contribution in [-0.2, 0) is 9.53 Å². The number of amides is 1. The monoisotopic (exact) mass is 240 g/mol. The average Bonchev–Trinajstić information content (AvgIpc) is 2.88. The molecule has 0 aromatic carbocycles. The summed E-state index contributed by atoms with van der Waals surface area (Å²) in [6.45, 7) is 4.73. The Morgan fingerprint density at radius 2 is 2.35 bits per heavy atom. The van der Waals surface area contributed by atoms with Crippen LogP contribution in [0.4, 0.5) is 0 Å². The lowest BCUT2D eigenvalue weighted by atomic mass is 9.91. The molecule has 0 aliphatic carbocycles. The fraction of sp³-hybridized carbons (Fsp3) is 0.923. The van der Waals surface area contributed by atoms with Crippen molar-refractivity contribution in [2.45, 2.75) is 50.7 Å². The minimum absolute atomic E-state index is 0.225. The normalized spacial score (nSPS) is 34.0. The third-order valence-corrected chi connectivity index (χ3v) is 4.26. The summed E-state index contributed by atoms with van der Waals surface area (Å²) in [6, 6.07) is 0. The van der Waals surface area contributed by atoms with Crippen LogP contribution in [-0.4, -0.2) is 49.2 Å². The molecule has 2 atom stereocenters. The van der Waals surface area contributed by atoms with Gasteiger partial charge in [-0.2, -0.15) is 0 Å². The minimum Gasteiger partial charge on any atom is -0.380 e. The summed E-state index contributed by atoms with van der Waals surface area (Å²) in [5, 5.41) is 3.42. The number of piperidine rings is 1. The summed E-state index contributed by atoms with van der Waals surface area (Å²) in [6.07, 6.45) is 5.34. The van der Waals surface area contributed by atoms with Gasteiger partial charge in [-0.15, -0.1) is 0 Å². The zero-order valence-corrected chi connectivity index (χ0v) is 11.0. The lowest BCUT2D eigenvalue weighted by molar-refractivity contribution is -0.141. The topological polar surface area (TPSA) is 41.6 Å². The van der Waals surface area contributed by atoms with Crippen molar-refractivity contribution in [3.8, 4) is 0 Å². The zero-order chi connectivity index (χ0) is 12.3. The van der Waals surface area contributed by atoms with Crippen LogP contribution < -0.4 is 5.32 Å². The molecule has 2 saturated heterocycles. The Labute approximate surface area is 104 Å². The Hall–Kier alpha value is -0.610. The van der Waals surface area contributed by atoms with Crippen LogP contribution in [0.3, 0.4) is 0 Å². The molecule has 2 aliphatic rings. The Balaban J connectivity index is 2.03. The van der Waals surface area contributed by atoms with Crippen LogP contribution in [0.5, 0.6) is 0 Å². The van der Waals surface area contributed by atoms with Gasteiger partial charge in [0.25, 0.3) is 0 Å². The maximum Gasteiger partial charge on any atom is 0.242 e. The van der Waals surface area contributed by atoms with Crippen molar-refractivity contribution in [3.63, 3.8) is 0 Å². The van der Waals surface area contributed by atoms with Crippen LogP contribution in [0.15, 0.2) is 0 Å². The number of likely N-dealkylation sites (tertiary alicyclic amines) is 1. The summed E-state index contributed by atoms with van der Waals surface area (Å²) >= 11 is 0. The van der Waals surface area contributed by atoms with E-state index in [1.807, 2.05) is 4.90 Å². The van der Waals surface area contributed by atoms with Crippen molar-refractivity contribution in [1.82, 2.24) is 10.2 Å². The van der Waals surface area contributed by atoms with Gasteiger partial charge in [0, 0.05) is 20.2 Å². The smallest absolute Gasteiger partial charge is 0.242 e. The second-order valence-corrected chi connectivity index (χ2v) is 5.22. The van der Waals surface area contributed by atoms with E-state index in [0.29, 0.717) is 5.91 Å². The van der Waals surface area contributed by atoms with Gasteiger partial charge in [0.15, 0.2) is 0 Å². The first-order valence-electron chi connectivity index (χ1n) is 6.79. The van der Waals surface area contributed by atoms with Gasteiger partial charge >= 0.3 is 0 Å². The SMILES string of the molecule is CCC1(C(=O)N2CCCC(OC)C2)CCCN1. The molecule has 0 aromatic rings. The van der Waals surface area contributed by atoms with Crippen LogP contribution in [0, 0.1) is 0 Å². The van der Waals surface area contributed by atoms with Gasteiger partial charge in [-0.05, 0) is 38.6 Å². The molecule has 4 nitrogen and oxygen atoms in total. The molecule has 0 aromatic heterocycles. The molecule has 17 heavy (non-hydrogen) atoms. The van der Waals surface area contributed by atoms with E-state index in [2.05, 4.69) is 12.2 Å². The van der Waals surface area contributed by atoms with E-state index in [9.17, 15) is 4.79 Å². The van der Waals surface area contributed by atoms with Gasteiger partial charge in [0.05, 0.1) is 11.6 Å². The molecule has 0 radical (unpaired) electrons. The maximum atomic E-state index is 12.6. The van der Waals surface area contributed by atoms with E-state index < -0.39 is 0 Å². The molecule has 1 N–H and O–H groups in total. The van der Waals surface area contributed by atoms with E-state index in [1.54, 1.807) is 7.11 Å². The average molecular weight is 240 g/mol. The molecule has 4 heteroatoms. The summed E-state index contributed by atoms with van der Waals surface area (Å²) < 4.78 is 5.39. The summed E-state index contributed by atoms with van der Waals surface area (Å²) in [5.74, 6) is 0.291. The first-order valence-corrected chi connectivity index (χ1v) is 6.79. The highest BCUT2D eigenvalue weighted by atomic mass is 16.5. The summed E-state index contributed by atoms with van der Waals surface area (Å²) in [7, 11) is 1.74. The second kappa shape index (κ2) is 5.36. The lowest BCUT2D eigenvalue weighted by Gasteiger charge is -2.38. The number of rotatable bonds is 3. The van der Waals surface area contributed by atoms with Gasteiger partial charge < -0.3 is 15.0 Å². The number of hydrogen-bond donors (Lipinski definition) is 1. The Morgan fingerprint density at radius 1 is 1.53 bits per heavy atom. The van der Waals surface area contributed by atoms with E-state index in [0.717, 1.165) is 51.7 Å². The molecule has 98 valence electrons. The van der Waals surface area contributed by atoms with Crippen molar-refractivity contribution in [2.24, 2.45) is 0 Å².